The van der Waals surface area contributed by atoms with Crippen LogP contribution in [-0.4, -0.2) is 26.5 Å². The van der Waals surface area contributed by atoms with Gasteiger partial charge in [-0.3, -0.25) is 4.79 Å². The maximum absolute atomic E-state index is 13.1. The molecule has 0 radical (unpaired) electrons. The molecule has 1 unspecified atom stereocenters. The largest absolute Gasteiger partial charge is 0.370 e. The van der Waals surface area contributed by atoms with Crippen LogP contribution in [0.2, 0.25) is 0 Å². The molecule has 3 N–H and O–H groups in total. The number of nitrogens with one attached hydrogen (secondary N) is 1. The number of amides is 1. The van der Waals surface area contributed by atoms with E-state index in [1.165, 1.54) is 12.1 Å². The van der Waals surface area contributed by atoms with E-state index in [0.29, 0.717) is 12.2 Å². The Morgan fingerprint density at radius 2 is 2.00 bits per heavy atom. The van der Waals surface area contributed by atoms with E-state index in [1.54, 1.807) is 12.1 Å². The Hall–Kier alpha value is -3.09. The second-order valence-electron chi connectivity index (χ2n) is 5.56. The fourth-order valence-electron chi connectivity index (χ4n) is 2.67. The number of halogens is 1. The van der Waals surface area contributed by atoms with E-state index in [-0.39, 0.29) is 24.1 Å². The van der Waals surface area contributed by atoms with Gasteiger partial charge in [0, 0.05) is 12.0 Å². The van der Waals surface area contributed by atoms with Crippen LogP contribution in [0, 0.1) is 5.82 Å². The first-order chi connectivity index (χ1) is 11.6. The zero-order valence-electron chi connectivity index (χ0n) is 12.8. The Kier molecular flexibility index (Phi) is 4.60. The molecule has 24 heavy (non-hydrogen) atoms. The molecule has 122 valence electrons. The van der Waals surface area contributed by atoms with Crippen molar-refractivity contribution in [2.24, 2.45) is 5.73 Å². The van der Waals surface area contributed by atoms with E-state index in [9.17, 15) is 9.18 Å². The van der Waals surface area contributed by atoms with Crippen LogP contribution in [0.3, 0.4) is 0 Å². The zero-order valence-corrected chi connectivity index (χ0v) is 12.8. The van der Waals surface area contributed by atoms with Gasteiger partial charge in [0.15, 0.2) is 0 Å². The number of primary amides is 1. The van der Waals surface area contributed by atoms with Crippen molar-refractivity contribution < 1.29 is 9.18 Å². The standard InChI is InChI=1S/C17H16FN5O/c18-15-6-4-11(5-7-15)8-14(10-16(19)24)12-2-1-3-13(9-12)17-20-22-23-21-17/h1-7,9,14H,8,10H2,(H2,19,24)(H,20,21,22,23). The van der Waals surface area contributed by atoms with Gasteiger partial charge in [-0.05, 0) is 46.9 Å². The molecule has 0 saturated carbocycles. The molecule has 0 bridgehead atoms. The van der Waals surface area contributed by atoms with Gasteiger partial charge in [0.05, 0.1) is 0 Å². The van der Waals surface area contributed by atoms with E-state index in [4.69, 9.17) is 5.73 Å². The second kappa shape index (κ2) is 6.99. The molecule has 0 aliphatic heterocycles. The van der Waals surface area contributed by atoms with Crippen molar-refractivity contribution in [3.05, 3.63) is 65.5 Å². The van der Waals surface area contributed by atoms with Crippen LogP contribution >= 0.6 is 0 Å². The van der Waals surface area contributed by atoms with Crippen LogP contribution in [-0.2, 0) is 11.2 Å². The zero-order chi connectivity index (χ0) is 16.9. The molecular weight excluding hydrogens is 309 g/mol. The molecule has 7 heteroatoms. The fraction of sp³-hybridized carbons (Fsp3) is 0.176. The minimum absolute atomic E-state index is 0.111. The average molecular weight is 325 g/mol. The number of tetrazole rings is 1. The molecule has 0 spiro atoms. The predicted octanol–water partition coefficient (Wildman–Crippen LogP) is 2.21. The number of hydrogen-bond acceptors (Lipinski definition) is 4. The van der Waals surface area contributed by atoms with Crippen molar-refractivity contribution in [3.63, 3.8) is 0 Å². The van der Waals surface area contributed by atoms with Crippen molar-refractivity contribution in [2.75, 3.05) is 0 Å². The Labute approximate surface area is 137 Å². The summed E-state index contributed by atoms with van der Waals surface area (Å²) in [6, 6.07) is 13.8. The van der Waals surface area contributed by atoms with Gasteiger partial charge < -0.3 is 5.73 Å². The lowest BCUT2D eigenvalue weighted by atomic mass is 9.88. The summed E-state index contributed by atoms with van der Waals surface area (Å²) in [5.41, 5.74) is 8.09. The molecule has 3 aromatic rings. The summed E-state index contributed by atoms with van der Waals surface area (Å²) < 4.78 is 13.1. The normalized spacial score (nSPS) is 12.0. The molecule has 1 amide bonds. The predicted molar refractivity (Wildman–Crippen MR) is 86.3 cm³/mol. The highest BCUT2D eigenvalue weighted by molar-refractivity contribution is 5.75. The molecule has 3 rings (SSSR count). The third-order valence-electron chi connectivity index (χ3n) is 3.80. The quantitative estimate of drug-likeness (QED) is 0.726. The Morgan fingerprint density at radius 3 is 2.67 bits per heavy atom. The van der Waals surface area contributed by atoms with Gasteiger partial charge in [0.1, 0.15) is 5.82 Å². The van der Waals surface area contributed by atoms with Gasteiger partial charge in [-0.2, -0.15) is 5.21 Å². The van der Waals surface area contributed by atoms with Crippen LogP contribution in [0.1, 0.15) is 23.5 Å². The fourth-order valence-corrected chi connectivity index (χ4v) is 2.67. The molecule has 6 nitrogen and oxygen atoms in total. The summed E-state index contributed by atoms with van der Waals surface area (Å²) in [4.78, 5) is 11.5. The minimum Gasteiger partial charge on any atom is -0.370 e. The number of aromatic nitrogens is 4. The van der Waals surface area contributed by atoms with Crippen LogP contribution < -0.4 is 5.73 Å². The minimum atomic E-state index is -0.382. The number of rotatable bonds is 6. The topological polar surface area (TPSA) is 97.5 Å². The lowest BCUT2D eigenvalue weighted by Gasteiger charge is -2.16. The molecule has 0 aliphatic carbocycles. The Balaban J connectivity index is 1.89. The highest BCUT2D eigenvalue weighted by atomic mass is 19.1. The van der Waals surface area contributed by atoms with Crippen LogP contribution in [0.4, 0.5) is 4.39 Å². The lowest BCUT2D eigenvalue weighted by molar-refractivity contribution is -0.118. The number of carbonyl (C=O) groups excluding carboxylic acids is 1. The molecule has 2 aromatic carbocycles. The summed E-state index contributed by atoms with van der Waals surface area (Å²) in [6.45, 7) is 0. The van der Waals surface area contributed by atoms with Crippen molar-refractivity contribution in [1.82, 2.24) is 20.6 Å². The summed E-state index contributed by atoms with van der Waals surface area (Å²) in [7, 11) is 0. The first-order valence-electron chi connectivity index (χ1n) is 7.48. The molecule has 1 aromatic heterocycles. The molecule has 1 atom stereocenters. The van der Waals surface area contributed by atoms with Gasteiger partial charge >= 0.3 is 0 Å². The van der Waals surface area contributed by atoms with Gasteiger partial charge in [0.2, 0.25) is 11.7 Å². The number of H-pyrrole nitrogens is 1. The first-order valence-corrected chi connectivity index (χ1v) is 7.48. The smallest absolute Gasteiger partial charge is 0.218 e. The Morgan fingerprint density at radius 1 is 1.21 bits per heavy atom. The molecule has 0 aliphatic rings. The number of hydrogen-bond donors (Lipinski definition) is 2. The SMILES string of the molecule is NC(=O)CC(Cc1ccc(F)cc1)c1cccc(-c2nn[nH]n2)c1. The maximum Gasteiger partial charge on any atom is 0.218 e. The molecule has 0 fully saturated rings. The molecular formula is C17H16FN5O. The van der Waals surface area contributed by atoms with Gasteiger partial charge in [-0.25, -0.2) is 4.39 Å². The Bertz CT molecular complexity index is 817. The van der Waals surface area contributed by atoms with E-state index in [0.717, 1.165) is 16.7 Å². The number of nitrogens with two attached hydrogens (primary N) is 1. The van der Waals surface area contributed by atoms with E-state index in [1.807, 2.05) is 24.3 Å². The number of nitrogens with zero attached hydrogens (tertiary/aromatic N) is 3. The van der Waals surface area contributed by atoms with Crippen molar-refractivity contribution in [3.8, 4) is 11.4 Å². The van der Waals surface area contributed by atoms with Crippen molar-refractivity contribution >= 4 is 5.91 Å². The highest BCUT2D eigenvalue weighted by Gasteiger charge is 2.17. The maximum atomic E-state index is 13.1. The number of benzene rings is 2. The van der Waals surface area contributed by atoms with Crippen LogP contribution in [0.25, 0.3) is 11.4 Å². The van der Waals surface area contributed by atoms with E-state index in [2.05, 4.69) is 20.6 Å². The van der Waals surface area contributed by atoms with Crippen LogP contribution in [0.5, 0.6) is 0 Å². The van der Waals surface area contributed by atoms with Crippen molar-refractivity contribution in [2.45, 2.75) is 18.8 Å². The third-order valence-corrected chi connectivity index (χ3v) is 3.80. The van der Waals surface area contributed by atoms with Gasteiger partial charge in [-0.15, -0.1) is 10.2 Å². The summed E-state index contributed by atoms with van der Waals surface area (Å²) in [6.07, 6.45) is 0.784. The van der Waals surface area contributed by atoms with Gasteiger partial charge in [0.25, 0.3) is 0 Å². The summed E-state index contributed by atoms with van der Waals surface area (Å²) >= 11 is 0. The highest BCUT2D eigenvalue weighted by Crippen LogP contribution is 2.27. The monoisotopic (exact) mass is 325 g/mol. The van der Waals surface area contributed by atoms with Crippen molar-refractivity contribution in [1.29, 1.82) is 0 Å². The van der Waals surface area contributed by atoms with Gasteiger partial charge in [-0.1, -0.05) is 30.3 Å². The first kappa shape index (κ1) is 15.8. The molecule has 0 saturated heterocycles. The lowest BCUT2D eigenvalue weighted by Crippen LogP contribution is -2.17. The van der Waals surface area contributed by atoms with E-state index < -0.39 is 0 Å². The molecule has 1 heterocycles. The van der Waals surface area contributed by atoms with Crippen LogP contribution in [0.15, 0.2) is 48.5 Å². The third kappa shape index (κ3) is 3.81. The summed E-state index contributed by atoms with van der Waals surface area (Å²) in [5, 5.41) is 13.9. The summed E-state index contributed by atoms with van der Waals surface area (Å²) in [5.74, 6) is -0.298. The average Bonchev–Trinajstić information content (AvgIpc) is 3.11. The number of aromatic amines is 1. The van der Waals surface area contributed by atoms with E-state index >= 15 is 0 Å². The number of carbonyl (C=O) groups is 1. The second-order valence-corrected chi connectivity index (χ2v) is 5.56.